The SMILES string of the molecule is CC[C@H](CC[C@@H](C)[C@H]1CC[C@H]2[C@@H]3CC=C4C[C@@H](SSC(C)C(N)=O)CC[C@]4(C)[C@H]3CC[C@]12C)C(C)C. The van der Waals surface area contributed by atoms with E-state index >= 15 is 0 Å². The number of fused-ring (bicyclic) bond motifs is 5. The van der Waals surface area contributed by atoms with Crippen molar-refractivity contribution < 1.29 is 4.79 Å². The largest absolute Gasteiger partial charge is 0.369 e. The van der Waals surface area contributed by atoms with Gasteiger partial charge in [-0.2, -0.15) is 0 Å². The molecule has 2 nitrogen and oxygen atoms in total. The lowest BCUT2D eigenvalue weighted by molar-refractivity contribution is -0.117. The average Bonchev–Trinajstić information content (AvgIpc) is 3.19. The van der Waals surface area contributed by atoms with Gasteiger partial charge in [-0.25, -0.2) is 0 Å². The van der Waals surface area contributed by atoms with Crippen LogP contribution >= 0.6 is 21.6 Å². The van der Waals surface area contributed by atoms with Gasteiger partial charge in [0.25, 0.3) is 0 Å². The molecule has 4 aliphatic carbocycles. The van der Waals surface area contributed by atoms with Crippen LogP contribution in [0.4, 0.5) is 0 Å². The molecule has 1 amide bonds. The summed E-state index contributed by atoms with van der Waals surface area (Å²) in [5, 5.41) is 0.538. The summed E-state index contributed by atoms with van der Waals surface area (Å²) >= 11 is 0. The summed E-state index contributed by atoms with van der Waals surface area (Å²) in [6.07, 6.45) is 17.9. The highest BCUT2D eigenvalue weighted by Crippen LogP contribution is 2.67. The minimum atomic E-state index is -0.188. The minimum Gasteiger partial charge on any atom is -0.369 e. The molecule has 0 radical (unpaired) electrons. The summed E-state index contributed by atoms with van der Waals surface area (Å²) in [4.78, 5) is 11.5. The van der Waals surface area contributed by atoms with Gasteiger partial charge in [0.15, 0.2) is 0 Å². The summed E-state index contributed by atoms with van der Waals surface area (Å²) < 4.78 is 0. The van der Waals surface area contributed by atoms with E-state index in [0.29, 0.717) is 16.1 Å². The van der Waals surface area contributed by atoms with Gasteiger partial charge in [-0.1, -0.05) is 87.6 Å². The molecule has 0 heterocycles. The Morgan fingerprint density at radius 2 is 1.81 bits per heavy atom. The van der Waals surface area contributed by atoms with Crippen molar-refractivity contribution in [1.82, 2.24) is 0 Å². The normalized spacial score (nSPS) is 40.6. The van der Waals surface area contributed by atoms with Gasteiger partial charge in [-0.05, 0) is 117 Å². The first-order chi connectivity index (χ1) is 17.0. The number of primary amides is 1. The Morgan fingerprint density at radius 1 is 1.06 bits per heavy atom. The molecule has 0 aromatic carbocycles. The van der Waals surface area contributed by atoms with Crippen LogP contribution in [-0.4, -0.2) is 16.4 Å². The van der Waals surface area contributed by atoms with Crippen molar-refractivity contribution in [3.8, 4) is 0 Å². The fraction of sp³-hybridized carbons (Fsp3) is 0.906. The van der Waals surface area contributed by atoms with Crippen LogP contribution in [0.2, 0.25) is 0 Å². The zero-order valence-corrected chi connectivity index (χ0v) is 26.0. The predicted octanol–water partition coefficient (Wildman–Crippen LogP) is 9.29. The van der Waals surface area contributed by atoms with E-state index in [4.69, 9.17) is 5.73 Å². The number of nitrogens with two attached hydrogens (primary N) is 1. The van der Waals surface area contributed by atoms with Crippen molar-refractivity contribution >= 4 is 27.5 Å². The quantitative estimate of drug-likeness (QED) is 0.225. The van der Waals surface area contributed by atoms with Gasteiger partial charge in [0.1, 0.15) is 0 Å². The predicted molar refractivity (Wildman–Crippen MR) is 160 cm³/mol. The third-order valence-corrected chi connectivity index (χ3v) is 15.3. The molecule has 3 fully saturated rings. The van der Waals surface area contributed by atoms with Gasteiger partial charge < -0.3 is 5.73 Å². The van der Waals surface area contributed by atoms with Gasteiger partial charge in [-0.15, -0.1) is 0 Å². The number of rotatable bonds is 10. The molecule has 36 heavy (non-hydrogen) atoms. The van der Waals surface area contributed by atoms with Crippen LogP contribution in [0.5, 0.6) is 0 Å². The van der Waals surface area contributed by atoms with Gasteiger partial charge in [0.2, 0.25) is 5.91 Å². The number of carbonyl (C=O) groups is 1. The van der Waals surface area contributed by atoms with Crippen LogP contribution in [-0.2, 0) is 4.79 Å². The number of hydrogen-bond donors (Lipinski definition) is 1. The first-order valence-electron chi connectivity index (χ1n) is 15.3. The van der Waals surface area contributed by atoms with Crippen molar-refractivity contribution in [3.05, 3.63) is 11.6 Å². The van der Waals surface area contributed by atoms with Crippen LogP contribution in [0.1, 0.15) is 119 Å². The highest BCUT2D eigenvalue weighted by molar-refractivity contribution is 8.77. The van der Waals surface area contributed by atoms with E-state index in [1.165, 1.54) is 70.6 Å². The monoisotopic (exact) mass is 533 g/mol. The van der Waals surface area contributed by atoms with Gasteiger partial charge in [-0.3, -0.25) is 4.79 Å². The first kappa shape index (κ1) is 28.9. The molecule has 0 aromatic rings. The van der Waals surface area contributed by atoms with E-state index in [2.05, 4.69) is 47.6 Å². The van der Waals surface area contributed by atoms with E-state index in [1.54, 1.807) is 16.4 Å². The van der Waals surface area contributed by atoms with Gasteiger partial charge in [0.05, 0.1) is 5.25 Å². The molecule has 0 spiro atoms. The number of amides is 1. The maximum absolute atomic E-state index is 11.5. The van der Waals surface area contributed by atoms with Gasteiger partial charge in [0, 0.05) is 5.25 Å². The lowest BCUT2D eigenvalue weighted by Gasteiger charge is -2.58. The summed E-state index contributed by atoms with van der Waals surface area (Å²) in [6.45, 7) is 17.1. The molecule has 4 aliphatic rings. The lowest BCUT2D eigenvalue weighted by Crippen LogP contribution is -2.50. The summed E-state index contributed by atoms with van der Waals surface area (Å²) in [5.41, 5.74) is 8.23. The second kappa shape index (κ2) is 11.6. The van der Waals surface area contributed by atoms with Crippen LogP contribution in [0.25, 0.3) is 0 Å². The van der Waals surface area contributed by atoms with Crippen molar-refractivity contribution in [2.75, 3.05) is 0 Å². The van der Waals surface area contributed by atoms with Crippen LogP contribution in [0.3, 0.4) is 0 Å². The average molecular weight is 534 g/mol. The summed E-state index contributed by atoms with van der Waals surface area (Å²) in [6, 6.07) is 0. The van der Waals surface area contributed by atoms with E-state index in [0.717, 1.165) is 41.4 Å². The van der Waals surface area contributed by atoms with Crippen LogP contribution in [0.15, 0.2) is 11.6 Å². The topological polar surface area (TPSA) is 43.1 Å². The minimum absolute atomic E-state index is 0.0972. The molecule has 4 rings (SSSR count). The molecule has 0 bridgehead atoms. The Hall–Kier alpha value is -0.0900. The van der Waals surface area contributed by atoms with Crippen molar-refractivity contribution in [2.45, 2.75) is 130 Å². The number of hydrogen-bond acceptors (Lipinski definition) is 3. The molecule has 1 unspecified atom stereocenters. The Kier molecular flexibility index (Phi) is 9.29. The second-order valence-corrected chi connectivity index (χ2v) is 17.0. The third kappa shape index (κ3) is 5.47. The number of carbonyl (C=O) groups excluding carboxylic acids is 1. The van der Waals surface area contributed by atoms with Crippen molar-refractivity contribution in [3.63, 3.8) is 0 Å². The van der Waals surface area contributed by atoms with Crippen LogP contribution < -0.4 is 5.73 Å². The summed E-state index contributed by atoms with van der Waals surface area (Å²) in [7, 11) is 3.61. The molecular weight excluding hydrogens is 478 g/mol. The Morgan fingerprint density at radius 3 is 2.47 bits per heavy atom. The highest BCUT2D eigenvalue weighted by Gasteiger charge is 2.59. The molecule has 2 N–H and O–H groups in total. The molecular formula is C32H55NOS2. The second-order valence-electron chi connectivity index (χ2n) is 14.1. The number of allylic oxidation sites excluding steroid dienone is 2. The van der Waals surface area contributed by atoms with Crippen molar-refractivity contribution in [2.24, 2.45) is 58.0 Å². The van der Waals surface area contributed by atoms with Gasteiger partial charge >= 0.3 is 0 Å². The molecule has 10 atom stereocenters. The standard InChI is InChI=1S/C32H55NOS2/c1-8-23(20(2)3)10-9-21(4)27-13-14-28-26-12-11-24-19-25(36-35-22(5)30(33)34)15-17-31(24,6)29(26)16-18-32(27,28)7/h11,20-23,25-29H,8-10,12-19H2,1-7H3,(H2,33,34)/t21-,22?,23-,25+,26+,27-,28+,29+,31+,32-/m1/s1. The Labute approximate surface area is 230 Å². The highest BCUT2D eigenvalue weighted by atomic mass is 33.1. The zero-order chi connectivity index (χ0) is 26.3. The van der Waals surface area contributed by atoms with Crippen molar-refractivity contribution in [1.29, 1.82) is 0 Å². The Balaban J connectivity index is 1.41. The van der Waals surface area contributed by atoms with Crippen LogP contribution in [0, 0.1) is 52.3 Å². The third-order valence-electron chi connectivity index (χ3n) is 12.0. The molecule has 0 aromatic heterocycles. The molecule has 206 valence electrons. The van der Waals surface area contributed by atoms with E-state index in [9.17, 15) is 4.79 Å². The Bertz CT molecular complexity index is 810. The van der Waals surface area contributed by atoms with E-state index in [-0.39, 0.29) is 11.2 Å². The molecule has 0 saturated heterocycles. The first-order valence-corrected chi connectivity index (χ1v) is 17.6. The lowest BCUT2D eigenvalue weighted by atomic mass is 9.47. The molecule has 3 saturated carbocycles. The smallest absolute Gasteiger partial charge is 0.231 e. The maximum Gasteiger partial charge on any atom is 0.231 e. The fourth-order valence-corrected chi connectivity index (χ4v) is 12.2. The molecule has 0 aliphatic heterocycles. The van der Waals surface area contributed by atoms with E-state index in [1.807, 2.05) is 17.7 Å². The fourth-order valence-electron chi connectivity index (χ4n) is 9.58. The summed E-state index contributed by atoms with van der Waals surface area (Å²) in [5.74, 6) is 6.08. The maximum atomic E-state index is 11.5. The zero-order valence-electron chi connectivity index (χ0n) is 24.4. The molecule has 4 heteroatoms. The van der Waals surface area contributed by atoms with E-state index < -0.39 is 0 Å².